The van der Waals surface area contributed by atoms with Crippen molar-refractivity contribution in [2.24, 2.45) is 0 Å². The van der Waals surface area contributed by atoms with Crippen LogP contribution in [0.15, 0.2) is 61.4 Å². The summed E-state index contributed by atoms with van der Waals surface area (Å²) in [6.07, 6.45) is 5.84. The molecule has 0 radical (unpaired) electrons. The van der Waals surface area contributed by atoms with Gasteiger partial charge in [-0.1, -0.05) is 48.2 Å². The number of hydrogen-bond donors (Lipinski definition) is 2. The van der Waals surface area contributed by atoms with Crippen LogP contribution in [0.3, 0.4) is 0 Å². The van der Waals surface area contributed by atoms with Crippen molar-refractivity contribution in [2.75, 3.05) is 6.54 Å². The number of hydrogen-bond acceptors (Lipinski definition) is 2. The zero-order valence-electron chi connectivity index (χ0n) is 16.0. The second-order valence-electron chi connectivity index (χ2n) is 6.76. The van der Waals surface area contributed by atoms with Gasteiger partial charge in [0.1, 0.15) is 0 Å². The minimum Gasteiger partial charge on any atom is -0.385 e. The lowest BCUT2D eigenvalue weighted by molar-refractivity contribution is 0.763. The Hall–Kier alpha value is -3.25. The average molecular weight is 355 g/mol. The molecule has 0 unspecified atom stereocenters. The van der Waals surface area contributed by atoms with Gasteiger partial charge < -0.3 is 5.32 Å². The Balaban J connectivity index is 1.62. The van der Waals surface area contributed by atoms with Crippen molar-refractivity contribution in [2.45, 2.75) is 26.7 Å². The first-order valence-electron chi connectivity index (χ1n) is 9.22. The SMILES string of the molecule is C=C(NCCCc1cn[nH]c1)c1ccc(C)c(C#Cc2ccc(C)cc2)c1. The summed E-state index contributed by atoms with van der Waals surface area (Å²) in [7, 11) is 0. The van der Waals surface area contributed by atoms with Gasteiger partial charge in [-0.2, -0.15) is 5.10 Å². The number of H-pyrrole nitrogens is 1. The Morgan fingerprint density at radius 3 is 2.67 bits per heavy atom. The Bertz CT molecular complexity index is 955. The van der Waals surface area contributed by atoms with E-state index >= 15 is 0 Å². The smallest absolute Gasteiger partial charge is 0.0519 e. The van der Waals surface area contributed by atoms with Crippen LogP contribution in [0.1, 0.15) is 39.8 Å². The summed E-state index contributed by atoms with van der Waals surface area (Å²) in [5.74, 6) is 6.55. The summed E-state index contributed by atoms with van der Waals surface area (Å²) in [4.78, 5) is 0. The van der Waals surface area contributed by atoms with Crippen molar-refractivity contribution in [1.82, 2.24) is 15.5 Å². The van der Waals surface area contributed by atoms with E-state index in [9.17, 15) is 0 Å². The second kappa shape index (κ2) is 8.91. The highest BCUT2D eigenvalue weighted by atomic mass is 15.1. The van der Waals surface area contributed by atoms with Gasteiger partial charge in [-0.25, -0.2) is 0 Å². The first-order valence-corrected chi connectivity index (χ1v) is 9.22. The summed E-state index contributed by atoms with van der Waals surface area (Å²) in [5.41, 5.74) is 7.72. The number of aromatic amines is 1. The molecular weight excluding hydrogens is 330 g/mol. The lowest BCUT2D eigenvalue weighted by atomic mass is 10.0. The van der Waals surface area contributed by atoms with E-state index in [1.54, 1.807) is 0 Å². The van der Waals surface area contributed by atoms with Gasteiger partial charge in [0, 0.05) is 29.6 Å². The van der Waals surface area contributed by atoms with E-state index in [4.69, 9.17) is 0 Å². The molecule has 3 nitrogen and oxygen atoms in total. The van der Waals surface area contributed by atoms with E-state index in [0.29, 0.717) is 0 Å². The Morgan fingerprint density at radius 2 is 1.93 bits per heavy atom. The lowest BCUT2D eigenvalue weighted by Crippen LogP contribution is -2.13. The van der Waals surface area contributed by atoms with Gasteiger partial charge in [-0.3, -0.25) is 5.10 Å². The van der Waals surface area contributed by atoms with E-state index in [1.165, 1.54) is 16.7 Å². The Morgan fingerprint density at radius 1 is 1.11 bits per heavy atom. The zero-order valence-corrected chi connectivity index (χ0v) is 16.0. The van der Waals surface area contributed by atoms with E-state index in [0.717, 1.165) is 41.8 Å². The summed E-state index contributed by atoms with van der Waals surface area (Å²) in [5, 5.41) is 10.2. The van der Waals surface area contributed by atoms with Crippen LogP contribution < -0.4 is 5.32 Å². The van der Waals surface area contributed by atoms with Gasteiger partial charge in [0.05, 0.1) is 6.20 Å². The largest absolute Gasteiger partial charge is 0.385 e. The molecule has 0 bridgehead atoms. The minimum atomic E-state index is 0.877. The Kier molecular flexibility index (Phi) is 6.12. The molecule has 0 fully saturated rings. The van der Waals surface area contributed by atoms with Crippen molar-refractivity contribution in [3.63, 3.8) is 0 Å². The van der Waals surface area contributed by atoms with Crippen molar-refractivity contribution in [3.05, 3.63) is 94.8 Å². The molecule has 3 rings (SSSR count). The topological polar surface area (TPSA) is 40.7 Å². The molecule has 0 saturated carbocycles. The molecule has 0 aliphatic carbocycles. The van der Waals surface area contributed by atoms with Gasteiger partial charge in [-0.05, 0) is 61.6 Å². The standard InChI is InChI=1S/C24H25N3/c1-18-6-9-21(10-7-18)11-13-23-15-24(12-8-19(23)2)20(3)25-14-4-5-22-16-26-27-17-22/h6-10,12,15-17,25H,3-5,14H2,1-2H3,(H,26,27). The first kappa shape index (κ1) is 18.5. The van der Waals surface area contributed by atoms with Crippen LogP contribution in [0, 0.1) is 25.7 Å². The van der Waals surface area contributed by atoms with E-state index < -0.39 is 0 Å². The summed E-state index contributed by atoms with van der Waals surface area (Å²) in [6, 6.07) is 14.6. The van der Waals surface area contributed by atoms with Gasteiger partial charge in [-0.15, -0.1) is 0 Å². The third-order valence-electron chi connectivity index (χ3n) is 4.51. The fraction of sp³-hybridized carbons (Fsp3) is 0.208. The van der Waals surface area contributed by atoms with Gasteiger partial charge in [0.15, 0.2) is 0 Å². The molecule has 0 atom stereocenters. The van der Waals surface area contributed by atoms with Crippen molar-refractivity contribution in [3.8, 4) is 11.8 Å². The predicted molar refractivity (Wildman–Crippen MR) is 112 cm³/mol. The molecular formula is C24H25N3. The van der Waals surface area contributed by atoms with Crippen LogP contribution in [0.2, 0.25) is 0 Å². The third kappa shape index (κ3) is 5.36. The molecule has 1 aromatic heterocycles. The molecule has 3 heteroatoms. The van der Waals surface area contributed by atoms with Gasteiger partial charge >= 0.3 is 0 Å². The number of aryl methyl sites for hydroxylation is 3. The molecule has 0 saturated heterocycles. The summed E-state index contributed by atoms with van der Waals surface area (Å²) in [6.45, 7) is 9.23. The maximum atomic E-state index is 4.18. The monoisotopic (exact) mass is 355 g/mol. The predicted octanol–water partition coefficient (Wildman–Crippen LogP) is 4.62. The number of nitrogens with zero attached hydrogens (tertiary/aromatic N) is 1. The molecule has 27 heavy (non-hydrogen) atoms. The van der Waals surface area contributed by atoms with Gasteiger partial charge in [0.25, 0.3) is 0 Å². The average Bonchev–Trinajstić information content (AvgIpc) is 3.19. The van der Waals surface area contributed by atoms with Crippen LogP contribution in [0.25, 0.3) is 5.70 Å². The molecule has 3 aromatic rings. The molecule has 0 spiro atoms. The normalized spacial score (nSPS) is 10.1. The van der Waals surface area contributed by atoms with E-state index in [1.807, 2.05) is 12.4 Å². The highest BCUT2D eigenvalue weighted by Crippen LogP contribution is 2.16. The minimum absolute atomic E-state index is 0.877. The molecule has 0 aliphatic heterocycles. The van der Waals surface area contributed by atoms with E-state index in [2.05, 4.69) is 90.2 Å². The first-order chi connectivity index (χ1) is 13.1. The van der Waals surface area contributed by atoms with Crippen molar-refractivity contribution in [1.29, 1.82) is 0 Å². The number of benzene rings is 2. The third-order valence-corrected chi connectivity index (χ3v) is 4.51. The highest BCUT2D eigenvalue weighted by molar-refractivity contribution is 5.64. The van der Waals surface area contributed by atoms with Crippen LogP contribution >= 0.6 is 0 Å². The molecule has 2 N–H and O–H groups in total. The van der Waals surface area contributed by atoms with Crippen molar-refractivity contribution < 1.29 is 0 Å². The van der Waals surface area contributed by atoms with Crippen LogP contribution in [0.4, 0.5) is 0 Å². The molecule has 0 aliphatic rings. The zero-order chi connectivity index (χ0) is 19.1. The fourth-order valence-corrected chi connectivity index (χ4v) is 2.77. The highest BCUT2D eigenvalue weighted by Gasteiger charge is 2.02. The second-order valence-corrected chi connectivity index (χ2v) is 6.76. The maximum Gasteiger partial charge on any atom is 0.0519 e. The van der Waals surface area contributed by atoms with Crippen LogP contribution in [-0.4, -0.2) is 16.7 Å². The number of rotatable bonds is 6. The maximum absolute atomic E-state index is 4.18. The van der Waals surface area contributed by atoms with Crippen LogP contribution in [-0.2, 0) is 6.42 Å². The fourth-order valence-electron chi connectivity index (χ4n) is 2.77. The molecule has 136 valence electrons. The van der Waals surface area contributed by atoms with Crippen molar-refractivity contribution >= 4 is 5.70 Å². The van der Waals surface area contributed by atoms with Crippen LogP contribution in [0.5, 0.6) is 0 Å². The Labute approximate surface area is 161 Å². The lowest BCUT2D eigenvalue weighted by Gasteiger charge is -2.11. The quantitative estimate of drug-likeness (QED) is 0.500. The summed E-state index contributed by atoms with van der Waals surface area (Å²) < 4.78 is 0. The molecule has 1 heterocycles. The van der Waals surface area contributed by atoms with Gasteiger partial charge in [0.2, 0.25) is 0 Å². The summed E-state index contributed by atoms with van der Waals surface area (Å²) >= 11 is 0. The molecule has 2 aromatic carbocycles. The molecule has 0 amide bonds. The van der Waals surface area contributed by atoms with E-state index in [-0.39, 0.29) is 0 Å². The number of aromatic nitrogens is 2. The number of nitrogens with one attached hydrogen (secondary N) is 2.